The van der Waals surface area contributed by atoms with Crippen LogP contribution in [0.3, 0.4) is 0 Å². The monoisotopic (exact) mass is 253 g/mol. The van der Waals surface area contributed by atoms with Gasteiger partial charge >= 0.3 is 0 Å². The average molecular weight is 253 g/mol. The Kier molecular flexibility index (Phi) is 4.37. The molecule has 19 heavy (non-hydrogen) atoms. The molecule has 3 aliphatic rings. The van der Waals surface area contributed by atoms with Crippen LogP contribution in [0.5, 0.6) is 0 Å². The van der Waals surface area contributed by atoms with E-state index in [4.69, 9.17) is 0 Å². The quantitative estimate of drug-likeness (QED) is 0.555. The normalized spacial score (nSPS) is 28.2. The van der Waals surface area contributed by atoms with Gasteiger partial charge in [0.1, 0.15) is 0 Å². The van der Waals surface area contributed by atoms with Gasteiger partial charge in [0.25, 0.3) is 0 Å². The van der Waals surface area contributed by atoms with Gasteiger partial charge in [-0.05, 0) is 75.0 Å². The molecule has 0 saturated carbocycles. The van der Waals surface area contributed by atoms with E-state index >= 15 is 0 Å². The molecule has 1 radical (unpaired) electrons. The summed E-state index contributed by atoms with van der Waals surface area (Å²) in [5.41, 5.74) is 4.86. The van der Waals surface area contributed by atoms with Gasteiger partial charge in [-0.3, -0.25) is 0 Å². The van der Waals surface area contributed by atoms with Crippen LogP contribution in [0.25, 0.3) is 0 Å². The van der Waals surface area contributed by atoms with Crippen molar-refractivity contribution in [2.24, 2.45) is 5.92 Å². The maximum absolute atomic E-state index is 3.77. The van der Waals surface area contributed by atoms with Gasteiger partial charge in [-0.1, -0.05) is 36.3 Å². The average Bonchev–Trinajstić information content (AvgIpc) is 2.75. The molecule has 0 aromatic carbocycles. The van der Waals surface area contributed by atoms with Crippen molar-refractivity contribution in [1.82, 2.24) is 0 Å². The SMILES string of the molecule is [C]1=C(C2=CC=CCC2)C(C2=CCCCC2)CCCC1. The van der Waals surface area contributed by atoms with E-state index in [9.17, 15) is 0 Å². The second-order valence-electron chi connectivity index (χ2n) is 6.07. The van der Waals surface area contributed by atoms with Gasteiger partial charge in [0.15, 0.2) is 0 Å². The van der Waals surface area contributed by atoms with E-state index in [1.165, 1.54) is 64.2 Å². The van der Waals surface area contributed by atoms with Gasteiger partial charge in [0.2, 0.25) is 0 Å². The van der Waals surface area contributed by atoms with E-state index in [2.05, 4.69) is 30.4 Å². The van der Waals surface area contributed by atoms with Crippen molar-refractivity contribution >= 4 is 0 Å². The van der Waals surface area contributed by atoms with Gasteiger partial charge in [-0.15, -0.1) is 0 Å². The predicted molar refractivity (Wildman–Crippen MR) is 81.7 cm³/mol. The standard InChI is InChI=1S/C19H25/c1-4-10-16(11-5-1)18-14-8-3-9-15-19(18)17-12-6-2-7-13-17/h1,4,10,12,19H,2-3,5-9,11,13,15H2. The molecule has 1 unspecified atom stereocenters. The molecule has 0 aromatic rings. The van der Waals surface area contributed by atoms with Crippen LogP contribution in [0.15, 0.2) is 41.0 Å². The lowest BCUT2D eigenvalue weighted by Gasteiger charge is -2.27. The highest BCUT2D eigenvalue weighted by molar-refractivity contribution is 5.40. The van der Waals surface area contributed by atoms with E-state index in [-0.39, 0.29) is 0 Å². The van der Waals surface area contributed by atoms with Crippen molar-refractivity contribution in [3.05, 3.63) is 47.1 Å². The zero-order chi connectivity index (χ0) is 12.9. The lowest BCUT2D eigenvalue weighted by atomic mass is 9.78. The molecule has 3 aliphatic carbocycles. The Morgan fingerprint density at radius 1 is 1.00 bits per heavy atom. The van der Waals surface area contributed by atoms with Crippen LogP contribution >= 0.6 is 0 Å². The lowest BCUT2D eigenvalue weighted by molar-refractivity contribution is 0.554. The van der Waals surface area contributed by atoms with Gasteiger partial charge in [0, 0.05) is 5.92 Å². The smallest absolute Gasteiger partial charge is 0.00537 e. The molecule has 101 valence electrons. The topological polar surface area (TPSA) is 0 Å². The van der Waals surface area contributed by atoms with Crippen LogP contribution in [0.1, 0.15) is 64.2 Å². The summed E-state index contributed by atoms with van der Waals surface area (Å²) in [6, 6.07) is 0. The summed E-state index contributed by atoms with van der Waals surface area (Å²) in [7, 11) is 0. The third-order valence-electron chi connectivity index (χ3n) is 4.72. The van der Waals surface area contributed by atoms with Gasteiger partial charge in [-0.2, -0.15) is 0 Å². The molecule has 0 aliphatic heterocycles. The fourth-order valence-corrected chi connectivity index (χ4v) is 3.68. The van der Waals surface area contributed by atoms with Crippen molar-refractivity contribution in [3.63, 3.8) is 0 Å². The first kappa shape index (κ1) is 13.0. The number of rotatable bonds is 2. The highest BCUT2D eigenvalue weighted by Gasteiger charge is 2.24. The highest BCUT2D eigenvalue weighted by atomic mass is 14.3. The van der Waals surface area contributed by atoms with Gasteiger partial charge < -0.3 is 0 Å². The van der Waals surface area contributed by atoms with E-state index in [0.717, 1.165) is 0 Å². The molecule has 0 fully saturated rings. The van der Waals surface area contributed by atoms with Crippen molar-refractivity contribution in [1.29, 1.82) is 0 Å². The number of allylic oxidation sites excluding steroid dienone is 8. The Hall–Kier alpha value is -1.04. The Balaban J connectivity index is 1.87. The molecule has 0 nitrogen and oxygen atoms in total. The summed E-state index contributed by atoms with van der Waals surface area (Å²) < 4.78 is 0. The molecular weight excluding hydrogens is 228 g/mol. The molecule has 0 amide bonds. The highest BCUT2D eigenvalue weighted by Crippen LogP contribution is 2.39. The fraction of sp³-hybridized carbons (Fsp3) is 0.579. The number of hydrogen-bond donors (Lipinski definition) is 0. The first-order valence-electron chi connectivity index (χ1n) is 8.11. The van der Waals surface area contributed by atoms with E-state index in [1.54, 1.807) is 16.7 Å². The molecule has 0 N–H and O–H groups in total. The zero-order valence-electron chi connectivity index (χ0n) is 12.0. The Bertz CT molecular complexity index is 431. The van der Waals surface area contributed by atoms with Crippen LogP contribution < -0.4 is 0 Å². The van der Waals surface area contributed by atoms with Crippen LogP contribution in [-0.4, -0.2) is 0 Å². The Morgan fingerprint density at radius 2 is 2.00 bits per heavy atom. The van der Waals surface area contributed by atoms with Crippen molar-refractivity contribution in [3.8, 4) is 0 Å². The first-order chi connectivity index (χ1) is 9.45. The van der Waals surface area contributed by atoms with Gasteiger partial charge in [0.05, 0.1) is 0 Å². The second-order valence-corrected chi connectivity index (χ2v) is 6.07. The molecule has 0 heteroatoms. The third kappa shape index (κ3) is 3.11. The lowest BCUT2D eigenvalue weighted by Crippen LogP contribution is -2.12. The third-order valence-corrected chi connectivity index (χ3v) is 4.72. The summed E-state index contributed by atoms with van der Waals surface area (Å²) in [5, 5.41) is 0. The van der Waals surface area contributed by atoms with E-state index in [0.29, 0.717) is 5.92 Å². The summed E-state index contributed by atoms with van der Waals surface area (Å²) in [4.78, 5) is 0. The molecule has 0 bridgehead atoms. The molecule has 0 heterocycles. The minimum absolute atomic E-state index is 0.695. The first-order valence-corrected chi connectivity index (χ1v) is 8.11. The molecule has 0 saturated heterocycles. The summed E-state index contributed by atoms with van der Waals surface area (Å²) >= 11 is 0. The van der Waals surface area contributed by atoms with E-state index < -0.39 is 0 Å². The summed E-state index contributed by atoms with van der Waals surface area (Å²) in [6.07, 6.45) is 26.3. The molecule has 0 aromatic heterocycles. The van der Waals surface area contributed by atoms with Crippen LogP contribution in [0, 0.1) is 12.0 Å². The van der Waals surface area contributed by atoms with Crippen molar-refractivity contribution in [2.45, 2.75) is 64.2 Å². The second kappa shape index (κ2) is 6.41. The van der Waals surface area contributed by atoms with Gasteiger partial charge in [-0.25, -0.2) is 0 Å². The largest absolute Gasteiger partial charge is 0.0847 e. The summed E-state index contributed by atoms with van der Waals surface area (Å²) in [5.74, 6) is 0.695. The molecule has 1 atom stereocenters. The Morgan fingerprint density at radius 3 is 2.79 bits per heavy atom. The zero-order valence-corrected chi connectivity index (χ0v) is 12.0. The van der Waals surface area contributed by atoms with Crippen molar-refractivity contribution in [2.75, 3.05) is 0 Å². The van der Waals surface area contributed by atoms with Crippen LogP contribution in [0.4, 0.5) is 0 Å². The molecule has 0 spiro atoms. The minimum Gasteiger partial charge on any atom is -0.0847 e. The maximum atomic E-state index is 3.77. The maximum Gasteiger partial charge on any atom is 0.00537 e. The number of hydrogen-bond acceptors (Lipinski definition) is 0. The predicted octanol–water partition coefficient (Wildman–Crippen LogP) is 5.68. The van der Waals surface area contributed by atoms with Crippen LogP contribution in [0.2, 0.25) is 0 Å². The van der Waals surface area contributed by atoms with E-state index in [1.807, 2.05) is 0 Å². The fourth-order valence-electron chi connectivity index (χ4n) is 3.68. The minimum atomic E-state index is 0.695. The van der Waals surface area contributed by atoms with Crippen molar-refractivity contribution < 1.29 is 0 Å². The molecular formula is C19H25. The summed E-state index contributed by atoms with van der Waals surface area (Å²) in [6.45, 7) is 0. The van der Waals surface area contributed by atoms with Crippen LogP contribution in [-0.2, 0) is 0 Å². The Labute approximate surface area is 118 Å². The molecule has 3 rings (SSSR count).